The van der Waals surface area contributed by atoms with Crippen molar-refractivity contribution in [3.63, 3.8) is 0 Å². The molecule has 0 heteroatoms. The second kappa shape index (κ2) is 7.09. The summed E-state index contributed by atoms with van der Waals surface area (Å²) in [6.07, 6.45) is 5.79. The van der Waals surface area contributed by atoms with Crippen molar-refractivity contribution in [2.24, 2.45) is 17.8 Å². The van der Waals surface area contributed by atoms with Crippen molar-refractivity contribution in [2.45, 2.75) is 47.0 Å². The summed E-state index contributed by atoms with van der Waals surface area (Å²) in [4.78, 5) is 0. The lowest BCUT2D eigenvalue weighted by molar-refractivity contribution is 0.488. The minimum atomic E-state index is 0.550. The van der Waals surface area contributed by atoms with Crippen LogP contribution in [0.3, 0.4) is 0 Å². The van der Waals surface area contributed by atoms with E-state index in [9.17, 15) is 0 Å². The van der Waals surface area contributed by atoms with E-state index in [1.54, 1.807) is 0 Å². The Kier molecular flexibility index (Phi) is 6.96. The molecule has 0 aromatic heterocycles. The summed E-state index contributed by atoms with van der Waals surface area (Å²) in [7, 11) is 0. The zero-order chi connectivity index (χ0) is 11.1. The maximum absolute atomic E-state index is 4.06. The molecule has 2 unspecified atom stereocenters. The summed E-state index contributed by atoms with van der Waals surface area (Å²) in [5.74, 6) is 1.89. The van der Waals surface area contributed by atoms with E-state index in [1.807, 2.05) is 0 Å². The van der Waals surface area contributed by atoms with Crippen LogP contribution in [-0.2, 0) is 0 Å². The van der Waals surface area contributed by atoms with Gasteiger partial charge in [0.25, 0.3) is 0 Å². The highest BCUT2D eigenvalue weighted by Crippen LogP contribution is 2.22. The average Bonchev–Trinajstić information content (AvgIpc) is 2.10. The molecule has 0 aliphatic heterocycles. The van der Waals surface area contributed by atoms with Gasteiger partial charge in [0, 0.05) is 0 Å². The lowest BCUT2D eigenvalue weighted by atomic mass is 9.89. The quantitative estimate of drug-likeness (QED) is 0.539. The van der Waals surface area contributed by atoms with E-state index in [4.69, 9.17) is 0 Å². The molecule has 0 N–H and O–H groups in total. The molecule has 14 heavy (non-hydrogen) atoms. The number of hydrogen-bond donors (Lipinski definition) is 0. The monoisotopic (exact) mass is 194 g/mol. The molecule has 0 bridgehead atoms. The molecule has 82 valence electrons. The van der Waals surface area contributed by atoms with Crippen molar-refractivity contribution in [3.8, 4) is 0 Å². The molecule has 0 saturated heterocycles. The minimum absolute atomic E-state index is 0.550. The highest BCUT2D eigenvalue weighted by atomic mass is 14.1. The van der Waals surface area contributed by atoms with Crippen LogP contribution in [0.2, 0.25) is 0 Å². The van der Waals surface area contributed by atoms with Gasteiger partial charge in [-0.25, -0.2) is 0 Å². The first kappa shape index (κ1) is 13.7. The molecular formula is C14H26. The summed E-state index contributed by atoms with van der Waals surface area (Å²) in [5.41, 5.74) is 1.50. The summed E-state index contributed by atoms with van der Waals surface area (Å²) in [6.45, 7) is 17.0. The van der Waals surface area contributed by atoms with Crippen molar-refractivity contribution in [1.29, 1.82) is 0 Å². The molecule has 2 radical (unpaired) electrons. The van der Waals surface area contributed by atoms with Gasteiger partial charge in [-0.1, -0.05) is 46.3 Å². The van der Waals surface area contributed by atoms with Gasteiger partial charge >= 0.3 is 0 Å². The van der Waals surface area contributed by atoms with E-state index in [0.29, 0.717) is 17.8 Å². The molecular weight excluding hydrogens is 168 g/mol. The molecule has 0 amide bonds. The van der Waals surface area contributed by atoms with Crippen LogP contribution in [0.1, 0.15) is 47.0 Å². The van der Waals surface area contributed by atoms with Crippen LogP contribution in [0.25, 0.3) is 0 Å². The molecule has 0 spiro atoms. The Morgan fingerprint density at radius 2 is 1.86 bits per heavy atom. The molecule has 0 nitrogen and oxygen atoms in total. The predicted molar refractivity (Wildman–Crippen MR) is 65.8 cm³/mol. The summed E-state index contributed by atoms with van der Waals surface area (Å²) in [5, 5.41) is 0. The molecule has 0 aliphatic rings. The van der Waals surface area contributed by atoms with Crippen LogP contribution in [0.4, 0.5) is 0 Å². The Morgan fingerprint density at radius 3 is 2.14 bits per heavy atom. The maximum atomic E-state index is 4.06. The molecule has 0 fully saturated rings. The van der Waals surface area contributed by atoms with E-state index >= 15 is 0 Å². The van der Waals surface area contributed by atoms with Crippen LogP contribution in [0.15, 0.2) is 11.6 Å². The van der Waals surface area contributed by atoms with Crippen molar-refractivity contribution in [2.75, 3.05) is 0 Å². The summed E-state index contributed by atoms with van der Waals surface area (Å²) >= 11 is 0. The highest BCUT2D eigenvalue weighted by molar-refractivity contribution is 5.07. The Balaban J connectivity index is 4.37. The first-order chi connectivity index (χ1) is 6.51. The van der Waals surface area contributed by atoms with Gasteiger partial charge < -0.3 is 0 Å². The van der Waals surface area contributed by atoms with Crippen molar-refractivity contribution in [3.05, 3.63) is 25.5 Å². The summed E-state index contributed by atoms with van der Waals surface area (Å²) < 4.78 is 0. The van der Waals surface area contributed by atoms with Crippen molar-refractivity contribution >= 4 is 0 Å². The lowest BCUT2D eigenvalue weighted by Crippen LogP contribution is -2.04. The zero-order valence-electron chi connectivity index (χ0n) is 10.3. The van der Waals surface area contributed by atoms with Crippen LogP contribution in [0, 0.1) is 31.6 Å². The zero-order valence-corrected chi connectivity index (χ0v) is 10.3. The van der Waals surface area contributed by atoms with Gasteiger partial charge in [0.2, 0.25) is 0 Å². The third kappa shape index (κ3) is 5.47. The minimum Gasteiger partial charge on any atom is -0.0820 e. The van der Waals surface area contributed by atoms with Crippen LogP contribution >= 0.6 is 0 Å². The molecule has 0 rings (SSSR count). The fourth-order valence-electron chi connectivity index (χ4n) is 1.74. The fraction of sp³-hybridized carbons (Fsp3) is 0.714. The lowest BCUT2D eigenvalue weighted by Gasteiger charge is -2.17. The SMILES string of the molecule is [CH2]CC(=CC(CC)CC([CH2])C)C(C)C. The van der Waals surface area contributed by atoms with Gasteiger partial charge in [-0.05, 0) is 43.9 Å². The molecule has 0 aromatic rings. The van der Waals surface area contributed by atoms with E-state index in [-0.39, 0.29) is 0 Å². The van der Waals surface area contributed by atoms with Gasteiger partial charge in [-0.3, -0.25) is 0 Å². The average molecular weight is 194 g/mol. The predicted octanol–water partition coefficient (Wildman–Crippen LogP) is 4.68. The van der Waals surface area contributed by atoms with Gasteiger partial charge in [0.05, 0.1) is 0 Å². The third-order valence-electron chi connectivity index (χ3n) is 2.71. The largest absolute Gasteiger partial charge is 0.0820 e. The van der Waals surface area contributed by atoms with Crippen molar-refractivity contribution < 1.29 is 0 Å². The Bertz CT molecular complexity index is 163. The fourth-order valence-corrected chi connectivity index (χ4v) is 1.74. The van der Waals surface area contributed by atoms with E-state index in [0.717, 1.165) is 6.42 Å². The first-order valence-corrected chi connectivity index (χ1v) is 5.84. The standard InChI is InChI=1S/C14H26/c1-7-13(9-11(3)4)10-14(8-2)12(5)6/h10-13H,2-3,7-9H2,1,4-6H3. The normalized spacial score (nSPS) is 15.3. The number of allylic oxidation sites excluding steroid dienone is 2. The number of hydrogen-bond acceptors (Lipinski definition) is 0. The van der Waals surface area contributed by atoms with E-state index < -0.39 is 0 Å². The van der Waals surface area contributed by atoms with E-state index in [1.165, 1.54) is 18.4 Å². The molecule has 2 atom stereocenters. The Labute approximate surface area is 90.8 Å². The van der Waals surface area contributed by atoms with Gasteiger partial charge in [0.15, 0.2) is 0 Å². The molecule has 0 heterocycles. The van der Waals surface area contributed by atoms with Gasteiger partial charge in [-0.15, -0.1) is 0 Å². The maximum Gasteiger partial charge on any atom is -0.0231 e. The second-order valence-corrected chi connectivity index (χ2v) is 4.66. The van der Waals surface area contributed by atoms with E-state index in [2.05, 4.69) is 47.6 Å². The molecule has 0 aliphatic carbocycles. The third-order valence-corrected chi connectivity index (χ3v) is 2.71. The Morgan fingerprint density at radius 1 is 1.29 bits per heavy atom. The topological polar surface area (TPSA) is 0 Å². The van der Waals surface area contributed by atoms with Gasteiger partial charge in [0.1, 0.15) is 0 Å². The highest BCUT2D eigenvalue weighted by Gasteiger charge is 2.08. The number of rotatable bonds is 6. The molecule has 0 aromatic carbocycles. The van der Waals surface area contributed by atoms with Gasteiger partial charge in [-0.2, -0.15) is 0 Å². The first-order valence-electron chi connectivity index (χ1n) is 5.84. The van der Waals surface area contributed by atoms with Crippen LogP contribution in [-0.4, -0.2) is 0 Å². The second-order valence-electron chi connectivity index (χ2n) is 4.66. The summed E-state index contributed by atoms with van der Waals surface area (Å²) in [6, 6.07) is 0. The smallest absolute Gasteiger partial charge is 0.0231 e. The molecule has 0 saturated carbocycles. The van der Waals surface area contributed by atoms with Crippen molar-refractivity contribution in [1.82, 2.24) is 0 Å². The Hall–Kier alpha value is -0.260. The van der Waals surface area contributed by atoms with Crippen LogP contribution < -0.4 is 0 Å². The van der Waals surface area contributed by atoms with Crippen LogP contribution in [0.5, 0.6) is 0 Å².